The molecule has 1 aromatic heterocycles. The van der Waals surface area contributed by atoms with Gasteiger partial charge in [-0.25, -0.2) is 4.68 Å². The van der Waals surface area contributed by atoms with E-state index in [1.807, 2.05) is 27.7 Å². The minimum absolute atomic E-state index is 0.0790. The Hall–Kier alpha value is -1.11. The lowest BCUT2D eigenvalue weighted by Gasteiger charge is -2.24. The van der Waals surface area contributed by atoms with E-state index in [1.165, 1.54) is 31.0 Å². The van der Waals surface area contributed by atoms with Gasteiger partial charge in [0.05, 0.1) is 10.8 Å². The monoisotopic (exact) mass is 311 g/mol. The Morgan fingerprint density at radius 1 is 1.33 bits per heavy atom. The lowest BCUT2D eigenvalue weighted by atomic mass is 9.95. The predicted octanol–water partition coefficient (Wildman–Crippen LogP) is 2.36. The van der Waals surface area contributed by atoms with Crippen LogP contribution in [0.25, 0.3) is 0 Å². The molecule has 0 bridgehead atoms. The van der Waals surface area contributed by atoms with E-state index >= 15 is 0 Å². The van der Waals surface area contributed by atoms with Gasteiger partial charge in [0.1, 0.15) is 0 Å². The van der Waals surface area contributed by atoms with Gasteiger partial charge < -0.3 is 5.32 Å². The molecule has 1 aliphatic carbocycles. The highest BCUT2D eigenvalue weighted by molar-refractivity contribution is 8.00. The third-order valence-electron chi connectivity index (χ3n) is 3.68. The number of hydrogen-bond acceptors (Lipinski definition) is 5. The molecule has 2 rings (SSSR count). The van der Waals surface area contributed by atoms with Gasteiger partial charge in [-0.05, 0) is 51.0 Å². The molecule has 1 unspecified atom stereocenters. The summed E-state index contributed by atoms with van der Waals surface area (Å²) in [5, 5.41) is 15.4. The maximum absolute atomic E-state index is 12.3. The van der Waals surface area contributed by atoms with Crippen LogP contribution < -0.4 is 5.32 Å². The summed E-state index contributed by atoms with van der Waals surface area (Å²) in [5.74, 6) is 0.0790. The number of thioether (sulfide) groups is 1. The quantitative estimate of drug-likeness (QED) is 0.864. The summed E-state index contributed by atoms with van der Waals surface area (Å²) < 4.78 is 1.77. The van der Waals surface area contributed by atoms with E-state index < -0.39 is 0 Å². The topological polar surface area (TPSA) is 72.7 Å². The second-order valence-corrected chi connectivity index (χ2v) is 7.96. The van der Waals surface area contributed by atoms with Crippen LogP contribution in [0.2, 0.25) is 0 Å². The zero-order chi connectivity index (χ0) is 15.5. The summed E-state index contributed by atoms with van der Waals surface area (Å²) in [6.07, 6.45) is 5.92. The van der Waals surface area contributed by atoms with Crippen LogP contribution in [0.4, 0.5) is 0 Å². The van der Waals surface area contributed by atoms with Crippen molar-refractivity contribution in [3.8, 4) is 0 Å². The molecule has 1 saturated carbocycles. The molecule has 1 atom stereocenters. The summed E-state index contributed by atoms with van der Waals surface area (Å²) in [7, 11) is 0. The molecule has 6 nitrogen and oxygen atoms in total. The van der Waals surface area contributed by atoms with Crippen molar-refractivity contribution < 1.29 is 4.79 Å². The Morgan fingerprint density at radius 2 is 2.00 bits per heavy atom. The summed E-state index contributed by atoms with van der Waals surface area (Å²) in [6.45, 7) is 8.03. The Balaban J connectivity index is 1.93. The van der Waals surface area contributed by atoms with Crippen LogP contribution in [0, 0.1) is 0 Å². The number of carbonyl (C=O) groups is 1. The van der Waals surface area contributed by atoms with E-state index in [-0.39, 0.29) is 16.7 Å². The van der Waals surface area contributed by atoms with Gasteiger partial charge in [-0.1, -0.05) is 31.0 Å². The molecule has 0 aromatic carbocycles. The van der Waals surface area contributed by atoms with Crippen LogP contribution in [-0.2, 0) is 10.3 Å². The Labute approximate surface area is 130 Å². The van der Waals surface area contributed by atoms with E-state index in [2.05, 4.69) is 20.8 Å². The predicted molar refractivity (Wildman–Crippen MR) is 83.1 cm³/mol. The second kappa shape index (κ2) is 6.77. The molecule has 1 fully saturated rings. The molecule has 1 heterocycles. The Morgan fingerprint density at radius 3 is 2.62 bits per heavy atom. The van der Waals surface area contributed by atoms with Gasteiger partial charge in [0, 0.05) is 6.04 Å². The fourth-order valence-electron chi connectivity index (χ4n) is 2.45. The van der Waals surface area contributed by atoms with E-state index in [4.69, 9.17) is 0 Å². The Kier molecular flexibility index (Phi) is 5.24. The fourth-order valence-corrected chi connectivity index (χ4v) is 3.44. The highest BCUT2D eigenvalue weighted by Crippen LogP contribution is 2.25. The van der Waals surface area contributed by atoms with Crippen LogP contribution in [0.1, 0.15) is 59.8 Å². The summed E-state index contributed by atoms with van der Waals surface area (Å²) in [4.78, 5) is 12.3. The fraction of sp³-hybridized carbons (Fsp3) is 0.857. The average Bonchev–Trinajstić information content (AvgIpc) is 2.88. The van der Waals surface area contributed by atoms with Crippen molar-refractivity contribution in [2.24, 2.45) is 0 Å². The normalized spacial score (nSPS) is 18.5. The lowest BCUT2D eigenvalue weighted by molar-refractivity contribution is -0.121. The molecule has 1 aliphatic rings. The van der Waals surface area contributed by atoms with Gasteiger partial charge in [0.25, 0.3) is 0 Å². The molecule has 1 N–H and O–H groups in total. The van der Waals surface area contributed by atoms with Crippen molar-refractivity contribution in [2.75, 3.05) is 0 Å². The van der Waals surface area contributed by atoms with Crippen molar-refractivity contribution in [2.45, 2.75) is 81.8 Å². The molecular formula is C14H25N5OS. The molecule has 0 saturated heterocycles. The van der Waals surface area contributed by atoms with Gasteiger partial charge in [0.2, 0.25) is 11.1 Å². The smallest absolute Gasteiger partial charge is 0.233 e. The van der Waals surface area contributed by atoms with Crippen LogP contribution in [0.15, 0.2) is 5.16 Å². The molecular weight excluding hydrogens is 286 g/mol. The van der Waals surface area contributed by atoms with Crippen LogP contribution in [0.3, 0.4) is 0 Å². The van der Waals surface area contributed by atoms with E-state index in [1.54, 1.807) is 4.68 Å². The molecule has 0 radical (unpaired) electrons. The third kappa shape index (κ3) is 4.43. The lowest BCUT2D eigenvalue weighted by Crippen LogP contribution is -2.40. The van der Waals surface area contributed by atoms with Gasteiger partial charge in [-0.3, -0.25) is 4.79 Å². The standard InChI is InChI=1S/C14H25N5OS/c1-10(12(20)15-11-8-6-5-7-9-11)21-13-16-17-18-19(13)14(2,3)4/h10-11H,5-9H2,1-4H3,(H,15,20). The van der Waals surface area contributed by atoms with Gasteiger partial charge in [0.15, 0.2) is 0 Å². The molecule has 0 spiro atoms. The first-order valence-electron chi connectivity index (χ1n) is 7.64. The number of aromatic nitrogens is 4. The van der Waals surface area contributed by atoms with Crippen molar-refractivity contribution in [1.82, 2.24) is 25.5 Å². The molecule has 118 valence electrons. The van der Waals surface area contributed by atoms with E-state index in [0.29, 0.717) is 11.2 Å². The van der Waals surface area contributed by atoms with Gasteiger partial charge in [-0.2, -0.15) is 0 Å². The van der Waals surface area contributed by atoms with Crippen LogP contribution in [0.5, 0.6) is 0 Å². The van der Waals surface area contributed by atoms with E-state index in [9.17, 15) is 4.79 Å². The van der Waals surface area contributed by atoms with Gasteiger partial charge in [-0.15, -0.1) is 5.10 Å². The largest absolute Gasteiger partial charge is 0.352 e. The summed E-state index contributed by atoms with van der Waals surface area (Å²) in [6, 6.07) is 0.341. The molecule has 1 aromatic rings. The molecule has 7 heteroatoms. The van der Waals surface area contributed by atoms with Gasteiger partial charge >= 0.3 is 0 Å². The number of nitrogens with zero attached hydrogens (tertiary/aromatic N) is 4. The first-order chi connectivity index (χ1) is 9.88. The van der Waals surface area contributed by atoms with Crippen molar-refractivity contribution in [3.63, 3.8) is 0 Å². The first-order valence-corrected chi connectivity index (χ1v) is 8.52. The van der Waals surface area contributed by atoms with Crippen molar-refractivity contribution in [3.05, 3.63) is 0 Å². The third-order valence-corrected chi connectivity index (χ3v) is 4.71. The minimum Gasteiger partial charge on any atom is -0.352 e. The number of hydrogen-bond donors (Lipinski definition) is 1. The highest BCUT2D eigenvalue weighted by atomic mass is 32.2. The summed E-state index contributed by atoms with van der Waals surface area (Å²) >= 11 is 1.42. The van der Waals surface area contributed by atoms with Crippen molar-refractivity contribution >= 4 is 17.7 Å². The Bertz CT molecular complexity index is 476. The number of tetrazole rings is 1. The average molecular weight is 311 g/mol. The highest BCUT2D eigenvalue weighted by Gasteiger charge is 2.25. The zero-order valence-electron chi connectivity index (χ0n) is 13.3. The number of carbonyl (C=O) groups excluding carboxylic acids is 1. The number of amides is 1. The molecule has 0 aliphatic heterocycles. The van der Waals surface area contributed by atoms with Crippen LogP contribution in [-0.4, -0.2) is 37.4 Å². The maximum atomic E-state index is 12.3. The molecule has 21 heavy (non-hydrogen) atoms. The SMILES string of the molecule is CC(Sc1nnnn1C(C)(C)C)C(=O)NC1CCCCC1. The van der Waals surface area contributed by atoms with Crippen LogP contribution >= 0.6 is 11.8 Å². The minimum atomic E-state index is -0.195. The van der Waals surface area contributed by atoms with E-state index in [0.717, 1.165) is 12.8 Å². The second-order valence-electron chi connectivity index (χ2n) is 6.65. The van der Waals surface area contributed by atoms with Crippen molar-refractivity contribution in [1.29, 1.82) is 0 Å². The summed E-state index contributed by atoms with van der Waals surface area (Å²) in [5.41, 5.74) is -0.189. The maximum Gasteiger partial charge on any atom is 0.233 e. The number of nitrogens with one attached hydrogen (secondary N) is 1. The number of rotatable bonds is 4. The molecule has 1 amide bonds. The first kappa shape index (κ1) is 16.3. The zero-order valence-corrected chi connectivity index (χ0v) is 14.1.